The molecule has 4 nitrogen and oxygen atoms in total. The number of carbonyl (C=O) groups is 1. The minimum atomic E-state index is -1.57. The molecule has 0 spiro atoms. The van der Waals surface area contributed by atoms with Crippen LogP contribution in [0.15, 0.2) is 18.7 Å². The smallest absolute Gasteiger partial charge is 0.419 e. The van der Waals surface area contributed by atoms with E-state index in [1.54, 1.807) is 12.4 Å². The summed E-state index contributed by atoms with van der Waals surface area (Å²) in [7, 11) is -1.57. The van der Waals surface area contributed by atoms with Gasteiger partial charge in [-0.1, -0.05) is 0 Å². The average molecular weight is 232 g/mol. The topological polar surface area (TPSA) is 44.1 Å². The molecule has 0 atom stereocenters. The van der Waals surface area contributed by atoms with Crippen LogP contribution in [0.3, 0.4) is 0 Å². The largest absolute Gasteiger partial charge is 0.448 e. The van der Waals surface area contributed by atoms with Crippen molar-refractivity contribution in [3.63, 3.8) is 0 Å². The van der Waals surface area contributed by atoms with Crippen molar-refractivity contribution in [1.82, 2.24) is 9.55 Å². The number of thiol groups is 1. The Hall–Kier alpha value is -0.970. The number of hydrogen-bond donors (Lipinski definition) is 1. The Bertz CT molecular complexity index is 329. The van der Waals surface area contributed by atoms with E-state index in [0.717, 1.165) is 5.75 Å². The summed E-state index contributed by atoms with van der Waals surface area (Å²) < 4.78 is 6.48. The van der Waals surface area contributed by atoms with Crippen LogP contribution in [-0.2, 0) is 4.74 Å². The van der Waals surface area contributed by atoms with E-state index < -0.39 is 9.16 Å². The molecule has 0 bridgehead atoms. The molecular weight excluding hydrogens is 212 g/mol. The molecule has 0 unspecified atom stereocenters. The summed E-state index contributed by atoms with van der Waals surface area (Å²) in [5.74, 6) is 0.950. The van der Waals surface area contributed by atoms with Crippen molar-refractivity contribution >= 4 is 15.3 Å². The van der Waals surface area contributed by atoms with Gasteiger partial charge in [0.2, 0.25) is 0 Å². The predicted molar refractivity (Wildman–Crippen MR) is 66.5 cm³/mol. The molecule has 0 saturated carbocycles. The van der Waals surface area contributed by atoms with Crippen molar-refractivity contribution in [3.8, 4) is 0 Å². The molecule has 0 fully saturated rings. The Morgan fingerprint density at radius 1 is 1.40 bits per heavy atom. The Kier molecular flexibility index (Phi) is 3.13. The molecule has 0 N–H and O–H groups in total. The Balaban J connectivity index is 2.37. The first-order valence-electron chi connectivity index (χ1n) is 4.89. The normalized spacial score (nSPS) is 14.3. The van der Waals surface area contributed by atoms with E-state index in [2.05, 4.69) is 30.0 Å². The first kappa shape index (κ1) is 12.1. The van der Waals surface area contributed by atoms with Crippen molar-refractivity contribution in [3.05, 3.63) is 18.7 Å². The Morgan fingerprint density at radius 3 is 2.53 bits per heavy atom. The first-order chi connectivity index (χ1) is 6.74. The zero-order valence-corrected chi connectivity index (χ0v) is 10.7. The quantitative estimate of drug-likeness (QED) is 0.802. The summed E-state index contributed by atoms with van der Waals surface area (Å²) in [6.45, 7) is 0.481. The van der Waals surface area contributed by atoms with Crippen LogP contribution < -0.4 is 0 Å². The van der Waals surface area contributed by atoms with Gasteiger partial charge in [0.05, 0.1) is 6.61 Å². The highest BCUT2D eigenvalue weighted by Gasteiger charge is 2.19. The maximum Gasteiger partial charge on any atom is 0.419 e. The van der Waals surface area contributed by atoms with Crippen molar-refractivity contribution in [2.75, 3.05) is 37.4 Å². The Morgan fingerprint density at radius 2 is 2.07 bits per heavy atom. The molecule has 1 aromatic rings. The lowest BCUT2D eigenvalue weighted by Gasteiger charge is -2.46. The van der Waals surface area contributed by atoms with E-state index in [-0.39, 0.29) is 6.09 Å². The fraction of sp³-hybridized carbons (Fsp3) is 0.600. The van der Waals surface area contributed by atoms with Gasteiger partial charge in [0, 0.05) is 12.4 Å². The summed E-state index contributed by atoms with van der Waals surface area (Å²) in [6, 6.07) is 0. The number of carbonyl (C=O) groups excluding carboxylic acids is 1. The second kappa shape index (κ2) is 3.89. The van der Waals surface area contributed by atoms with Gasteiger partial charge >= 0.3 is 6.09 Å². The SMILES string of the molecule is C[SH](C)(C)(C)CCOC(=O)n1ccnc1. The van der Waals surface area contributed by atoms with E-state index in [4.69, 9.17) is 4.74 Å². The highest BCUT2D eigenvalue weighted by atomic mass is 32.3. The van der Waals surface area contributed by atoms with E-state index in [9.17, 15) is 4.79 Å². The van der Waals surface area contributed by atoms with Gasteiger partial charge in [-0.15, -0.1) is 0 Å². The second-order valence-electron chi connectivity index (χ2n) is 5.76. The van der Waals surface area contributed by atoms with Gasteiger partial charge in [0.1, 0.15) is 6.33 Å². The monoisotopic (exact) mass is 232 g/mol. The minimum absolute atomic E-state index is 0.354. The van der Waals surface area contributed by atoms with Crippen molar-refractivity contribution < 1.29 is 9.53 Å². The molecule has 1 aromatic heterocycles. The minimum Gasteiger partial charge on any atom is -0.448 e. The highest BCUT2D eigenvalue weighted by Crippen LogP contribution is 2.54. The van der Waals surface area contributed by atoms with Gasteiger partial charge in [-0.25, -0.2) is 14.3 Å². The molecule has 0 aliphatic heterocycles. The zero-order valence-electron chi connectivity index (χ0n) is 9.80. The van der Waals surface area contributed by atoms with Crippen LogP contribution >= 0.6 is 9.16 Å². The molecule has 0 aliphatic carbocycles. The van der Waals surface area contributed by atoms with Gasteiger partial charge in [0.15, 0.2) is 0 Å². The van der Waals surface area contributed by atoms with Crippen molar-refractivity contribution in [2.24, 2.45) is 0 Å². The molecule has 1 heterocycles. The molecule has 0 saturated heterocycles. The predicted octanol–water partition coefficient (Wildman–Crippen LogP) is 1.46. The lowest BCUT2D eigenvalue weighted by atomic mass is 10.8. The molecule has 0 aliphatic rings. The molecule has 88 valence electrons. The fourth-order valence-electron chi connectivity index (χ4n) is 0.940. The van der Waals surface area contributed by atoms with Crippen LogP contribution in [0, 0.1) is 0 Å². The molecule has 15 heavy (non-hydrogen) atoms. The third kappa shape index (κ3) is 4.88. The number of rotatable bonds is 3. The van der Waals surface area contributed by atoms with E-state index in [0.29, 0.717) is 6.61 Å². The third-order valence-electron chi connectivity index (χ3n) is 1.93. The van der Waals surface area contributed by atoms with Crippen LogP contribution in [0.1, 0.15) is 0 Å². The van der Waals surface area contributed by atoms with E-state index in [1.165, 1.54) is 10.9 Å². The molecule has 0 amide bonds. The molecule has 0 aromatic carbocycles. The number of nitrogens with zero attached hydrogens (tertiary/aromatic N) is 2. The lowest BCUT2D eigenvalue weighted by Crippen LogP contribution is -2.22. The summed E-state index contributed by atoms with van der Waals surface area (Å²) in [4.78, 5) is 15.2. The standard InChI is InChI=1S/C10H20N2O2S/c1-15(2,3,4)8-7-14-10(13)12-6-5-11-9-12/h5-6,9,15H,7-8H2,1-4H3. The summed E-state index contributed by atoms with van der Waals surface area (Å²) in [5.41, 5.74) is 0. The van der Waals surface area contributed by atoms with Crippen LogP contribution in [0.25, 0.3) is 0 Å². The lowest BCUT2D eigenvalue weighted by molar-refractivity contribution is 0.154. The molecular formula is C10H20N2O2S. The second-order valence-corrected chi connectivity index (χ2v) is 14.1. The van der Waals surface area contributed by atoms with Crippen molar-refractivity contribution in [2.45, 2.75) is 0 Å². The van der Waals surface area contributed by atoms with Gasteiger partial charge in [-0.2, -0.15) is 0 Å². The Labute approximate surface area is 90.9 Å². The van der Waals surface area contributed by atoms with Crippen LogP contribution in [0.5, 0.6) is 0 Å². The van der Waals surface area contributed by atoms with Crippen molar-refractivity contribution in [1.29, 1.82) is 0 Å². The zero-order chi connectivity index (χ0) is 11.6. The molecule has 0 radical (unpaired) electrons. The fourth-order valence-corrected chi connectivity index (χ4v) is 1.76. The molecule has 5 heteroatoms. The van der Waals surface area contributed by atoms with Crippen LogP contribution in [-0.4, -0.2) is 53.0 Å². The number of ether oxygens (including phenoxy) is 1. The maximum absolute atomic E-state index is 11.4. The van der Waals surface area contributed by atoms with E-state index in [1.807, 2.05) is 0 Å². The van der Waals surface area contributed by atoms with Gasteiger partial charge in [-0.3, -0.25) is 9.16 Å². The molecule has 1 rings (SSSR count). The number of aromatic nitrogens is 2. The summed E-state index contributed by atoms with van der Waals surface area (Å²) >= 11 is 0. The third-order valence-corrected chi connectivity index (χ3v) is 3.90. The van der Waals surface area contributed by atoms with Gasteiger partial charge < -0.3 is 4.74 Å². The summed E-state index contributed by atoms with van der Waals surface area (Å²) in [5, 5.41) is 0. The number of hydrogen-bond acceptors (Lipinski definition) is 3. The average Bonchev–Trinajstić information content (AvgIpc) is 2.51. The van der Waals surface area contributed by atoms with Gasteiger partial charge in [-0.05, 0) is 30.8 Å². The summed E-state index contributed by atoms with van der Waals surface area (Å²) in [6.07, 6.45) is 13.3. The highest BCUT2D eigenvalue weighted by molar-refractivity contribution is 8.47. The van der Waals surface area contributed by atoms with Crippen LogP contribution in [0.2, 0.25) is 0 Å². The van der Waals surface area contributed by atoms with Crippen LogP contribution in [0.4, 0.5) is 4.79 Å². The first-order valence-corrected chi connectivity index (χ1v) is 9.10. The number of imidazole rings is 1. The van der Waals surface area contributed by atoms with Gasteiger partial charge in [0.25, 0.3) is 0 Å². The maximum atomic E-state index is 11.4. The van der Waals surface area contributed by atoms with E-state index >= 15 is 0 Å².